The number of nitrogens with one attached hydrogen (secondary N) is 1. The average Bonchev–Trinajstić information content (AvgIpc) is 2.44. The molecule has 1 aliphatic rings. The van der Waals surface area contributed by atoms with Gasteiger partial charge in [0.2, 0.25) is 0 Å². The molecule has 0 radical (unpaired) electrons. The zero-order valence-corrected chi connectivity index (χ0v) is 10.8. The third-order valence-corrected chi connectivity index (χ3v) is 2.93. The lowest BCUT2D eigenvalue weighted by Gasteiger charge is -2.26. The molecule has 0 spiro atoms. The molecule has 1 aromatic rings. The van der Waals surface area contributed by atoms with Gasteiger partial charge in [-0.1, -0.05) is 18.7 Å². The second kappa shape index (κ2) is 6.21. The Morgan fingerprint density at radius 2 is 2.35 bits per heavy atom. The van der Waals surface area contributed by atoms with Crippen LogP contribution in [0.2, 0.25) is 0 Å². The van der Waals surface area contributed by atoms with E-state index in [4.69, 9.17) is 14.6 Å². The Hall–Kier alpha value is -2.34. The van der Waals surface area contributed by atoms with Crippen molar-refractivity contribution in [2.45, 2.75) is 12.6 Å². The molecule has 0 saturated heterocycles. The zero-order chi connectivity index (χ0) is 14.5. The summed E-state index contributed by atoms with van der Waals surface area (Å²) in [6.07, 6.45) is 0.915. The number of carbonyl (C=O) groups excluding carboxylic acids is 1. The minimum atomic E-state index is -0.992. The Morgan fingerprint density at radius 3 is 3.05 bits per heavy atom. The summed E-state index contributed by atoms with van der Waals surface area (Å²) in [6, 6.07) is 4.41. The lowest BCUT2D eigenvalue weighted by Crippen LogP contribution is -2.34. The number of carbonyl (C=O) groups is 2. The molecule has 0 bridgehead atoms. The minimum Gasteiger partial charge on any atom is -0.478 e. The standard InChI is InChI=1S/C14H15NO5/c1-2-5-20-14(18)15-12-8-19-7-10-6-9(13(16)17)3-4-11(10)12/h2-4,6,12H,1,5,7-8H2,(H,15,18)(H,16,17)/t12-/m0/s1. The van der Waals surface area contributed by atoms with Crippen LogP contribution in [0.15, 0.2) is 30.9 Å². The number of hydrogen-bond donors (Lipinski definition) is 2. The van der Waals surface area contributed by atoms with Gasteiger partial charge in [-0.05, 0) is 23.3 Å². The van der Waals surface area contributed by atoms with Crippen LogP contribution in [0.1, 0.15) is 27.5 Å². The quantitative estimate of drug-likeness (QED) is 0.821. The Morgan fingerprint density at radius 1 is 1.55 bits per heavy atom. The number of carboxylic acids is 1. The van der Waals surface area contributed by atoms with E-state index in [1.54, 1.807) is 12.1 Å². The largest absolute Gasteiger partial charge is 0.478 e. The lowest BCUT2D eigenvalue weighted by molar-refractivity contribution is 0.0689. The highest BCUT2D eigenvalue weighted by atomic mass is 16.5. The Balaban J connectivity index is 2.14. The molecule has 0 aliphatic carbocycles. The van der Waals surface area contributed by atoms with E-state index >= 15 is 0 Å². The van der Waals surface area contributed by atoms with Crippen molar-refractivity contribution in [2.24, 2.45) is 0 Å². The van der Waals surface area contributed by atoms with Gasteiger partial charge in [0.25, 0.3) is 0 Å². The summed E-state index contributed by atoms with van der Waals surface area (Å²) in [5, 5.41) is 11.6. The van der Waals surface area contributed by atoms with Crippen LogP contribution < -0.4 is 5.32 Å². The van der Waals surface area contributed by atoms with Gasteiger partial charge in [0, 0.05) is 0 Å². The molecule has 0 unspecified atom stereocenters. The topological polar surface area (TPSA) is 84.9 Å². The van der Waals surface area contributed by atoms with Crippen LogP contribution in [0.5, 0.6) is 0 Å². The van der Waals surface area contributed by atoms with E-state index in [1.807, 2.05) is 0 Å². The van der Waals surface area contributed by atoms with Crippen molar-refractivity contribution < 1.29 is 24.2 Å². The summed E-state index contributed by atoms with van der Waals surface area (Å²) in [4.78, 5) is 22.4. The van der Waals surface area contributed by atoms with Crippen LogP contribution in [0, 0.1) is 0 Å². The van der Waals surface area contributed by atoms with Crippen LogP contribution in [0.3, 0.4) is 0 Å². The van der Waals surface area contributed by atoms with E-state index in [0.717, 1.165) is 11.1 Å². The highest BCUT2D eigenvalue weighted by molar-refractivity contribution is 5.88. The summed E-state index contributed by atoms with van der Waals surface area (Å²) in [5.74, 6) is -0.992. The van der Waals surface area contributed by atoms with Crippen molar-refractivity contribution in [3.8, 4) is 0 Å². The summed E-state index contributed by atoms with van der Waals surface area (Å²) in [6.45, 7) is 4.24. The lowest BCUT2D eigenvalue weighted by atomic mass is 9.97. The third-order valence-electron chi connectivity index (χ3n) is 2.93. The Bertz CT molecular complexity index is 540. The predicted molar refractivity (Wildman–Crippen MR) is 70.5 cm³/mol. The predicted octanol–water partition coefficient (Wildman–Crippen LogP) is 1.87. The first-order valence-corrected chi connectivity index (χ1v) is 6.10. The molecule has 20 heavy (non-hydrogen) atoms. The van der Waals surface area contributed by atoms with E-state index in [2.05, 4.69) is 11.9 Å². The molecule has 1 aromatic carbocycles. The van der Waals surface area contributed by atoms with E-state index in [1.165, 1.54) is 12.1 Å². The summed E-state index contributed by atoms with van der Waals surface area (Å²) >= 11 is 0. The fourth-order valence-corrected chi connectivity index (χ4v) is 2.02. The van der Waals surface area contributed by atoms with Crippen LogP contribution in [-0.2, 0) is 16.1 Å². The first-order chi connectivity index (χ1) is 9.61. The second-order valence-corrected chi connectivity index (χ2v) is 4.32. The normalized spacial score (nSPS) is 16.9. The van der Waals surface area contributed by atoms with Crippen molar-refractivity contribution in [1.82, 2.24) is 5.32 Å². The fraction of sp³-hybridized carbons (Fsp3) is 0.286. The van der Waals surface area contributed by atoms with Gasteiger partial charge in [-0.3, -0.25) is 0 Å². The molecule has 1 amide bonds. The van der Waals surface area contributed by atoms with Crippen molar-refractivity contribution in [2.75, 3.05) is 13.2 Å². The van der Waals surface area contributed by atoms with Gasteiger partial charge in [-0.2, -0.15) is 0 Å². The summed E-state index contributed by atoms with van der Waals surface area (Å²) in [7, 11) is 0. The zero-order valence-electron chi connectivity index (χ0n) is 10.8. The molecule has 0 fully saturated rings. The first-order valence-electron chi connectivity index (χ1n) is 6.10. The Labute approximate surface area is 116 Å². The molecule has 6 heteroatoms. The number of carboxylic acid groups (broad SMARTS) is 1. The minimum absolute atomic E-state index is 0.129. The molecule has 2 rings (SSSR count). The smallest absolute Gasteiger partial charge is 0.408 e. The van der Waals surface area contributed by atoms with Gasteiger partial charge >= 0.3 is 12.1 Å². The van der Waals surface area contributed by atoms with Crippen molar-refractivity contribution in [1.29, 1.82) is 0 Å². The molecule has 1 aliphatic heterocycles. The number of hydrogen-bond acceptors (Lipinski definition) is 4. The van der Waals surface area contributed by atoms with Gasteiger partial charge in [-0.25, -0.2) is 9.59 Å². The van der Waals surface area contributed by atoms with Gasteiger partial charge < -0.3 is 19.9 Å². The fourth-order valence-electron chi connectivity index (χ4n) is 2.02. The van der Waals surface area contributed by atoms with Crippen molar-refractivity contribution in [3.05, 3.63) is 47.5 Å². The monoisotopic (exact) mass is 277 g/mol. The maximum atomic E-state index is 11.5. The SMILES string of the molecule is C=CCOC(=O)N[C@H]1COCc2cc(C(=O)O)ccc21. The number of benzene rings is 1. The molecular weight excluding hydrogens is 262 g/mol. The summed E-state index contributed by atoms with van der Waals surface area (Å²) < 4.78 is 10.2. The Kier molecular flexibility index (Phi) is 4.37. The second-order valence-electron chi connectivity index (χ2n) is 4.32. The van der Waals surface area contributed by atoms with E-state index in [0.29, 0.717) is 13.2 Å². The molecule has 6 nitrogen and oxygen atoms in total. The molecule has 106 valence electrons. The maximum absolute atomic E-state index is 11.5. The average molecular weight is 277 g/mol. The number of rotatable bonds is 4. The molecule has 0 aromatic heterocycles. The molecule has 0 saturated carbocycles. The number of aromatic carboxylic acids is 1. The van der Waals surface area contributed by atoms with E-state index in [9.17, 15) is 9.59 Å². The van der Waals surface area contributed by atoms with Crippen LogP contribution in [0.25, 0.3) is 0 Å². The summed E-state index contributed by atoms with van der Waals surface area (Å²) in [5.41, 5.74) is 1.80. The first kappa shape index (κ1) is 14.1. The molecule has 1 heterocycles. The van der Waals surface area contributed by atoms with E-state index < -0.39 is 12.1 Å². The van der Waals surface area contributed by atoms with Crippen LogP contribution >= 0.6 is 0 Å². The van der Waals surface area contributed by atoms with Crippen molar-refractivity contribution in [3.63, 3.8) is 0 Å². The molecule has 1 atom stereocenters. The van der Waals surface area contributed by atoms with Gasteiger partial charge in [0.1, 0.15) is 6.61 Å². The van der Waals surface area contributed by atoms with Gasteiger partial charge in [-0.15, -0.1) is 0 Å². The van der Waals surface area contributed by atoms with Gasteiger partial charge in [0.05, 0.1) is 24.8 Å². The molecular formula is C14H15NO5. The number of amides is 1. The maximum Gasteiger partial charge on any atom is 0.408 e. The highest BCUT2D eigenvalue weighted by Crippen LogP contribution is 2.25. The third kappa shape index (κ3) is 3.16. The molecule has 2 N–H and O–H groups in total. The van der Waals surface area contributed by atoms with Crippen molar-refractivity contribution >= 4 is 12.1 Å². The van der Waals surface area contributed by atoms with Crippen LogP contribution in [0.4, 0.5) is 4.79 Å². The van der Waals surface area contributed by atoms with E-state index in [-0.39, 0.29) is 18.2 Å². The van der Waals surface area contributed by atoms with Crippen LogP contribution in [-0.4, -0.2) is 30.4 Å². The highest BCUT2D eigenvalue weighted by Gasteiger charge is 2.23. The number of alkyl carbamates (subject to hydrolysis) is 1. The van der Waals surface area contributed by atoms with Gasteiger partial charge in [0.15, 0.2) is 0 Å². The number of ether oxygens (including phenoxy) is 2. The number of fused-ring (bicyclic) bond motifs is 1.